The largest absolute Gasteiger partial charge is 0.355 e. The van der Waals surface area contributed by atoms with Gasteiger partial charge in [-0.15, -0.1) is 0 Å². The number of hydrogen-bond acceptors (Lipinski definition) is 0. The van der Waals surface area contributed by atoms with E-state index in [-0.39, 0.29) is 0 Å². The van der Waals surface area contributed by atoms with Gasteiger partial charge in [-0.2, -0.15) is 0 Å². The molecule has 0 saturated heterocycles. The molecule has 0 aliphatic heterocycles. The van der Waals surface area contributed by atoms with Gasteiger partial charge in [0.1, 0.15) is 0 Å². The summed E-state index contributed by atoms with van der Waals surface area (Å²) < 4.78 is 0. The topological polar surface area (TPSA) is 27.6 Å². The Kier molecular flexibility index (Phi) is 1.69. The molecule has 1 heteroatoms. The minimum atomic E-state index is 0.693. The molecule has 1 unspecified atom stereocenters. The number of hydrogen-bond donors (Lipinski definition) is 1. The zero-order valence-corrected chi connectivity index (χ0v) is 5.48. The molecule has 46 valence electrons. The van der Waals surface area contributed by atoms with E-state index < -0.39 is 0 Å². The van der Waals surface area contributed by atoms with E-state index in [4.69, 9.17) is 0 Å². The Morgan fingerprint density at radius 3 is 2.88 bits per heavy atom. The van der Waals surface area contributed by atoms with Crippen LogP contribution >= 0.6 is 0 Å². The van der Waals surface area contributed by atoms with Crippen molar-refractivity contribution in [2.45, 2.75) is 32.2 Å². The van der Waals surface area contributed by atoms with Crippen LogP contribution in [-0.4, -0.2) is 6.04 Å². The van der Waals surface area contributed by atoms with Crippen LogP contribution in [0.1, 0.15) is 26.2 Å². The van der Waals surface area contributed by atoms with Crippen LogP contribution in [0.5, 0.6) is 0 Å². The minimum absolute atomic E-state index is 0.693. The molecule has 0 amide bonds. The molecule has 0 spiro atoms. The number of quaternary nitrogens is 1. The summed E-state index contributed by atoms with van der Waals surface area (Å²) >= 11 is 0. The van der Waals surface area contributed by atoms with Crippen molar-refractivity contribution in [3.05, 3.63) is 11.6 Å². The standard InChI is InChI=1S/C7H13N/c1-6-2-4-7(8)5-3-6/h2,7H,3-5,8H2,1H3/p+1. The van der Waals surface area contributed by atoms with Gasteiger partial charge < -0.3 is 5.73 Å². The summed E-state index contributed by atoms with van der Waals surface area (Å²) in [6, 6.07) is 0.693. The van der Waals surface area contributed by atoms with Gasteiger partial charge in [0.05, 0.1) is 6.04 Å². The second-order valence-electron chi connectivity index (χ2n) is 2.69. The second kappa shape index (κ2) is 2.31. The highest BCUT2D eigenvalue weighted by molar-refractivity contribution is 5.02. The maximum Gasteiger partial charge on any atom is 0.0881 e. The normalized spacial score (nSPS) is 29.8. The van der Waals surface area contributed by atoms with E-state index in [1.54, 1.807) is 5.57 Å². The summed E-state index contributed by atoms with van der Waals surface area (Å²) in [5.74, 6) is 0. The third-order valence-electron chi connectivity index (χ3n) is 1.75. The van der Waals surface area contributed by atoms with Gasteiger partial charge in [-0.3, -0.25) is 0 Å². The molecule has 0 heterocycles. The van der Waals surface area contributed by atoms with Crippen molar-refractivity contribution in [3.8, 4) is 0 Å². The molecule has 1 atom stereocenters. The summed E-state index contributed by atoms with van der Waals surface area (Å²) in [6.45, 7) is 2.20. The minimum Gasteiger partial charge on any atom is -0.355 e. The van der Waals surface area contributed by atoms with Gasteiger partial charge in [0.15, 0.2) is 0 Å². The average Bonchev–Trinajstić information content (AvgIpc) is 1.77. The molecule has 0 radical (unpaired) electrons. The SMILES string of the molecule is CC1=CCC([NH3+])CC1. The molecule has 0 saturated carbocycles. The fourth-order valence-electron chi connectivity index (χ4n) is 1.02. The lowest BCUT2D eigenvalue weighted by Crippen LogP contribution is -2.61. The van der Waals surface area contributed by atoms with Gasteiger partial charge in [0.2, 0.25) is 0 Å². The molecule has 0 fully saturated rings. The van der Waals surface area contributed by atoms with E-state index in [0.717, 1.165) is 0 Å². The van der Waals surface area contributed by atoms with E-state index in [1.165, 1.54) is 19.3 Å². The molecule has 0 aromatic heterocycles. The van der Waals surface area contributed by atoms with Crippen LogP contribution in [0, 0.1) is 0 Å². The van der Waals surface area contributed by atoms with Gasteiger partial charge in [0.25, 0.3) is 0 Å². The molecule has 0 bridgehead atoms. The molecule has 1 aliphatic rings. The molecular formula is C7H14N+. The van der Waals surface area contributed by atoms with Crippen LogP contribution in [0.4, 0.5) is 0 Å². The van der Waals surface area contributed by atoms with Crippen LogP contribution in [-0.2, 0) is 0 Å². The lowest BCUT2D eigenvalue weighted by atomic mass is 9.97. The molecule has 1 rings (SSSR count). The van der Waals surface area contributed by atoms with Gasteiger partial charge >= 0.3 is 0 Å². The zero-order valence-electron chi connectivity index (χ0n) is 5.48. The Labute approximate surface area is 50.6 Å². The first kappa shape index (κ1) is 5.83. The van der Waals surface area contributed by atoms with Crippen molar-refractivity contribution in [1.82, 2.24) is 0 Å². The average molecular weight is 112 g/mol. The van der Waals surface area contributed by atoms with Gasteiger partial charge in [-0.1, -0.05) is 11.6 Å². The molecule has 1 nitrogen and oxygen atoms in total. The summed E-state index contributed by atoms with van der Waals surface area (Å²) in [6.07, 6.45) is 6.07. The second-order valence-corrected chi connectivity index (χ2v) is 2.69. The fraction of sp³-hybridized carbons (Fsp3) is 0.714. The van der Waals surface area contributed by atoms with Gasteiger partial charge in [-0.05, 0) is 13.3 Å². The molecule has 0 aromatic carbocycles. The molecule has 1 aliphatic carbocycles. The van der Waals surface area contributed by atoms with Crippen LogP contribution in [0.25, 0.3) is 0 Å². The van der Waals surface area contributed by atoms with E-state index in [1.807, 2.05) is 0 Å². The lowest BCUT2D eigenvalue weighted by molar-refractivity contribution is -0.420. The molecule has 0 aromatic rings. The zero-order chi connectivity index (χ0) is 5.98. The van der Waals surface area contributed by atoms with Gasteiger partial charge in [0, 0.05) is 12.8 Å². The van der Waals surface area contributed by atoms with E-state index >= 15 is 0 Å². The maximum absolute atomic E-state index is 3.99. The van der Waals surface area contributed by atoms with Crippen molar-refractivity contribution in [2.75, 3.05) is 0 Å². The summed E-state index contributed by atoms with van der Waals surface area (Å²) in [5.41, 5.74) is 5.53. The van der Waals surface area contributed by atoms with Crippen molar-refractivity contribution in [1.29, 1.82) is 0 Å². The van der Waals surface area contributed by atoms with Crippen molar-refractivity contribution < 1.29 is 5.73 Å². The highest BCUT2D eigenvalue weighted by Crippen LogP contribution is 2.13. The maximum atomic E-state index is 3.99. The van der Waals surface area contributed by atoms with Crippen LogP contribution in [0.3, 0.4) is 0 Å². The number of rotatable bonds is 0. The van der Waals surface area contributed by atoms with Crippen molar-refractivity contribution in [2.24, 2.45) is 0 Å². The third-order valence-corrected chi connectivity index (χ3v) is 1.75. The van der Waals surface area contributed by atoms with Crippen LogP contribution in [0.2, 0.25) is 0 Å². The Bertz CT molecular complexity index is 105. The predicted octanol–water partition coefficient (Wildman–Crippen LogP) is 0.727. The fourth-order valence-corrected chi connectivity index (χ4v) is 1.02. The first-order valence-electron chi connectivity index (χ1n) is 3.28. The highest BCUT2D eigenvalue weighted by Gasteiger charge is 2.08. The summed E-state index contributed by atoms with van der Waals surface area (Å²) in [4.78, 5) is 0. The number of allylic oxidation sites excluding steroid dienone is 1. The summed E-state index contributed by atoms with van der Waals surface area (Å²) in [7, 11) is 0. The van der Waals surface area contributed by atoms with Crippen LogP contribution in [0.15, 0.2) is 11.6 Å². The van der Waals surface area contributed by atoms with E-state index in [2.05, 4.69) is 18.7 Å². The molecule has 3 N–H and O–H groups in total. The highest BCUT2D eigenvalue weighted by atomic mass is 14.6. The first-order valence-corrected chi connectivity index (χ1v) is 3.28. The Hall–Kier alpha value is -0.300. The van der Waals surface area contributed by atoms with Gasteiger partial charge in [-0.25, -0.2) is 0 Å². The van der Waals surface area contributed by atoms with E-state index in [9.17, 15) is 0 Å². The molecular weight excluding hydrogens is 98.1 g/mol. The monoisotopic (exact) mass is 112 g/mol. The third kappa shape index (κ3) is 1.34. The quantitative estimate of drug-likeness (QED) is 0.447. The summed E-state index contributed by atoms with van der Waals surface area (Å²) in [5, 5.41) is 0. The Morgan fingerprint density at radius 2 is 2.50 bits per heavy atom. The Morgan fingerprint density at radius 1 is 1.75 bits per heavy atom. The van der Waals surface area contributed by atoms with E-state index in [0.29, 0.717) is 6.04 Å². The van der Waals surface area contributed by atoms with Crippen molar-refractivity contribution in [3.63, 3.8) is 0 Å². The smallest absolute Gasteiger partial charge is 0.0881 e. The molecule has 8 heavy (non-hydrogen) atoms. The van der Waals surface area contributed by atoms with Crippen molar-refractivity contribution >= 4 is 0 Å². The van der Waals surface area contributed by atoms with Crippen LogP contribution < -0.4 is 5.73 Å². The lowest BCUT2D eigenvalue weighted by Gasteiger charge is -2.11. The first-order chi connectivity index (χ1) is 3.79. The predicted molar refractivity (Wildman–Crippen MR) is 34.3 cm³/mol. The Balaban J connectivity index is 2.42.